The maximum Gasteiger partial charge on any atom is 0.254 e. The molecule has 2 aromatic carbocycles. The molecule has 1 saturated heterocycles. The van der Waals surface area contributed by atoms with Crippen LogP contribution < -0.4 is 4.74 Å². The first-order valence-electron chi connectivity index (χ1n) is 11.0. The number of nitrogens with zero attached hydrogens (tertiary/aromatic N) is 4. The zero-order valence-corrected chi connectivity index (χ0v) is 18.6. The molecule has 0 aliphatic carbocycles. The van der Waals surface area contributed by atoms with Crippen LogP contribution in [0.3, 0.4) is 0 Å². The fraction of sp³-hybridized carbons (Fsp3) is 0.360. The Hall–Kier alpha value is -3.48. The molecule has 0 saturated carbocycles. The van der Waals surface area contributed by atoms with Crippen molar-refractivity contribution >= 4 is 22.8 Å². The molecule has 0 spiro atoms. The van der Waals surface area contributed by atoms with Gasteiger partial charge in [-0.05, 0) is 50.6 Å². The molecule has 166 valence electrons. The minimum absolute atomic E-state index is 0.0321. The van der Waals surface area contributed by atoms with Crippen LogP contribution in [0.15, 0.2) is 48.5 Å². The maximum atomic E-state index is 13.0. The van der Waals surface area contributed by atoms with Crippen molar-refractivity contribution in [2.75, 3.05) is 32.8 Å². The van der Waals surface area contributed by atoms with Gasteiger partial charge in [-0.25, -0.2) is 9.97 Å². The third kappa shape index (κ3) is 5.04. The lowest BCUT2D eigenvalue weighted by molar-refractivity contribution is -0.132. The molecule has 0 unspecified atom stereocenters. The number of hydrogen-bond donors (Lipinski definition) is 0. The van der Waals surface area contributed by atoms with Crippen molar-refractivity contribution in [1.82, 2.24) is 19.8 Å². The maximum absolute atomic E-state index is 13.0. The number of benzene rings is 2. The average molecular weight is 433 g/mol. The Morgan fingerprint density at radius 2 is 1.53 bits per heavy atom. The quantitative estimate of drug-likeness (QED) is 0.558. The smallest absolute Gasteiger partial charge is 0.254 e. The molecule has 32 heavy (non-hydrogen) atoms. The minimum atomic E-state index is -0.0321. The fourth-order valence-corrected chi connectivity index (χ4v) is 3.79. The van der Waals surface area contributed by atoms with E-state index in [0.717, 1.165) is 28.2 Å². The highest BCUT2D eigenvalue weighted by molar-refractivity contribution is 5.97. The first kappa shape index (κ1) is 21.7. The summed E-state index contributed by atoms with van der Waals surface area (Å²) in [4.78, 5) is 38.2. The molecule has 0 atom stereocenters. The number of aromatic nitrogens is 2. The van der Waals surface area contributed by atoms with Gasteiger partial charge in [0.2, 0.25) is 5.91 Å². The van der Waals surface area contributed by atoms with E-state index in [2.05, 4.69) is 9.97 Å². The van der Waals surface area contributed by atoms with Gasteiger partial charge >= 0.3 is 0 Å². The fourth-order valence-electron chi connectivity index (χ4n) is 3.79. The zero-order chi connectivity index (χ0) is 22.5. The Kier molecular flexibility index (Phi) is 6.63. The highest BCUT2D eigenvalue weighted by atomic mass is 16.5. The molecular weight excluding hydrogens is 404 g/mol. The molecule has 0 N–H and O–H groups in total. The molecule has 0 radical (unpaired) electrons. The first-order chi connectivity index (χ1) is 15.5. The number of carbonyl (C=O) groups is 2. The van der Waals surface area contributed by atoms with E-state index in [0.29, 0.717) is 51.2 Å². The molecule has 1 aliphatic rings. The molecule has 2 heterocycles. The molecule has 2 amide bonds. The lowest BCUT2D eigenvalue weighted by atomic mass is 10.1. The second kappa shape index (κ2) is 9.77. The van der Waals surface area contributed by atoms with E-state index in [1.165, 1.54) is 0 Å². The van der Waals surface area contributed by atoms with Gasteiger partial charge in [-0.3, -0.25) is 9.59 Å². The van der Waals surface area contributed by atoms with Crippen molar-refractivity contribution in [3.63, 3.8) is 0 Å². The molecule has 1 fully saturated rings. The van der Waals surface area contributed by atoms with Crippen LogP contribution in [-0.4, -0.2) is 64.4 Å². The lowest BCUT2D eigenvalue weighted by Gasteiger charge is -2.35. The zero-order valence-electron chi connectivity index (χ0n) is 18.6. The second-order valence-corrected chi connectivity index (χ2v) is 8.04. The summed E-state index contributed by atoms with van der Waals surface area (Å²) in [6, 6.07) is 15.1. The average Bonchev–Trinajstić information content (AvgIpc) is 2.82. The second-order valence-electron chi connectivity index (χ2n) is 8.04. The van der Waals surface area contributed by atoms with Crippen LogP contribution >= 0.6 is 0 Å². The number of hydrogen-bond acceptors (Lipinski definition) is 5. The topological polar surface area (TPSA) is 75.6 Å². The lowest BCUT2D eigenvalue weighted by Crippen LogP contribution is -2.50. The summed E-state index contributed by atoms with van der Waals surface area (Å²) in [7, 11) is 0. The molecule has 7 heteroatoms. The van der Waals surface area contributed by atoms with E-state index in [-0.39, 0.29) is 11.8 Å². The van der Waals surface area contributed by atoms with Crippen molar-refractivity contribution in [2.24, 2.45) is 0 Å². The summed E-state index contributed by atoms with van der Waals surface area (Å²) >= 11 is 0. The van der Waals surface area contributed by atoms with Crippen LogP contribution in [0.4, 0.5) is 0 Å². The van der Waals surface area contributed by atoms with Crippen LogP contribution in [0.1, 0.15) is 34.6 Å². The van der Waals surface area contributed by atoms with Gasteiger partial charge in [-0.2, -0.15) is 0 Å². The highest BCUT2D eigenvalue weighted by Crippen LogP contribution is 2.17. The van der Waals surface area contributed by atoms with Crippen molar-refractivity contribution in [1.29, 1.82) is 0 Å². The van der Waals surface area contributed by atoms with Crippen LogP contribution in [0.2, 0.25) is 0 Å². The van der Waals surface area contributed by atoms with Gasteiger partial charge in [0.15, 0.2) is 0 Å². The first-order valence-corrected chi connectivity index (χ1v) is 11.0. The Balaban J connectivity index is 1.26. The molecule has 1 aromatic heterocycles. The van der Waals surface area contributed by atoms with Crippen molar-refractivity contribution in [2.45, 2.75) is 26.7 Å². The Bertz CT molecular complexity index is 1110. The van der Waals surface area contributed by atoms with Gasteiger partial charge in [0.25, 0.3) is 5.91 Å². The normalized spacial score (nSPS) is 13.9. The third-order valence-corrected chi connectivity index (χ3v) is 5.79. The summed E-state index contributed by atoms with van der Waals surface area (Å²) in [5.74, 6) is 0.896. The number of rotatable bonds is 6. The predicted octanol–water partition coefficient (Wildman–Crippen LogP) is 3.39. The number of carbonyl (C=O) groups excluding carboxylic acids is 2. The number of fused-ring (bicyclic) bond motifs is 1. The van der Waals surface area contributed by atoms with Gasteiger partial charge in [-0.15, -0.1) is 0 Å². The summed E-state index contributed by atoms with van der Waals surface area (Å²) < 4.78 is 5.65. The van der Waals surface area contributed by atoms with Gasteiger partial charge in [-0.1, -0.05) is 18.2 Å². The number of piperazine rings is 1. The molecule has 3 aromatic rings. The molecular formula is C25H28N4O3. The van der Waals surface area contributed by atoms with E-state index >= 15 is 0 Å². The summed E-state index contributed by atoms with van der Waals surface area (Å²) in [6.45, 7) is 6.52. The predicted molar refractivity (Wildman–Crippen MR) is 123 cm³/mol. The monoisotopic (exact) mass is 432 g/mol. The standard InChI is InChI=1S/C25H28N4O3/c1-18-19(2)27-23-17-20(10-11-22(23)26-18)25(31)29-14-12-28(13-15-29)24(30)9-6-16-32-21-7-4-3-5-8-21/h3-5,7-8,10-11,17H,6,9,12-16H2,1-2H3. The Labute approximate surface area is 188 Å². The SMILES string of the molecule is Cc1nc2ccc(C(=O)N3CCN(C(=O)CCCOc4ccccc4)CC3)cc2nc1C. The van der Waals surface area contributed by atoms with Crippen molar-refractivity contribution in [3.8, 4) is 5.75 Å². The molecule has 7 nitrogen and oxygen atoms in total. The molecule has 1 aliphatic heterocycles. The van der Waals surface area contributed by atoms with E-state index < -0.39 is 0 Å². The number of para-hydroxylation sites is 1. The van der Waals surface area contributed by atoms with Crippen LogP contribution in [0.5, 0.6) is 5.75 Å². The van der Waals surface area contributed by atoms with Crippen LogP contribution in [-0.2, 0) is 4.79 Å². The van der Waals surface area contributed by atoms with Gasteiger partial charge < -0.3 is 14.5 Å². The highest BCUT2D eigenvalue weighted by Gasteiger charge is 2.25. The summed E-state index contributed by atoms with van der Waals surface area (Å²) in [6.07, 6.45) is 1.12. The van der Waals surface area contributed by atoms with Crippen LogP contribution in [0, 0.1) is 13.8 Å². The van der Waals surface area contributed by atoms with Crippen LogP contribution in [0.25, 0.3) is 11.0 Å². The number of amides is 2. The van der Waals surface area contributed by atoms with Gasteiger partial charge in [0.1, 0.15) is 5.75 Å². The van der Waals surface area contributed by atoms with Gasteiger partial charge in [0, 0.05) is 38.2 Å². The van der Waals surface area contributed by atoms with E-state index in [4.69, 9.17) is 4.74 Å². The van der Waals surface area contributed by atoms with E-state index in [1.54, 1.807) is 17.0 Å². The van der Waals surface area contributed by atoms with Crippen molar-refractivity contribution < 1.29 is 14.3 Å². The van der Waals surface area contributed by atoms with E-state index in [1.807, 2.05) is 55.1 Å². The summed E-state index contributed by atoms with van der Waals surface area (Å²) in [5, 5.41) is 0. The third-order valence-electron chi connectivity index (χ3n) is 5.79. The summed E-state index contributed by atoms with van der Waals surface area (Å²) in [5.41, 5.74) is 3.88. The Morgan fingerprint density at radius 3 is 2.25 bits per heavy atom. The van der Waals surface area contributed by atoms with Gasteiger partial charge in [0.05, 0.1) is 29.0 Å². The number of aryl methyl sites for hydroxylation is 2. The molecule has 4 rings (SSSR count). The minimum Gasteiger partial charge on any atom is -0.494 e. The van der Waals surface area contributed by atoms with E-state index in [9.17, 15) is 9.59 Å². The molecule has 0 bridgehead atoms. The number of ether oxygens (including phenoxy) is 1. The Morgan fingerprint density at radius 1 is 0.875 bits per heavy atom. The van der Waals surface area contributed by atoms with Crippen molar-refractivity contribution in [3.05, 3.63) is 65.5 Å². The largest absolute Gasteiger partial charge is 0.494 e.